The first-order valence-corrected chi connectivity index (χ1v) is 5.67. The maximum Gasteiger partial charge on any atom is 0.264 e. The van der Waals surface area contributed by atoms with E-state index in [0.29, 0.717) is 23.7 Å². The molecule has 1 aromatic rings. The lowest BCUT2D eigenvalue weighted by Crippen LogP contribution is -2.32. The molecule has 84 valence electrons. The number of rotatable bonds is 4. The monoisotopic (exact) mass is 228 g/mol. The van der Waals surface area contributed by atoms with Crippen molar-refractivity contribution in [3.05, 3.63) is 15.8 Å². The topological polar surface area (TPSA) is 66.6 Å². The van der Waals surface area contributed by atoms with Gasteiger partial charge in [-0.05, 0) is 19.9 Å². The van der Waals surface area contributed by atoms with Crippen LogP contribution in [0.25, 0.3) is 0 Å². The second kappa shape index (κ2) is 5.14. The lowest BCUT2D eigenvalue weighted by atomic mass is 10.3. The molecule has 5 heteroatoms. The number of aliphatic hydroxyl groups is 1. The molecule has 0 aliphatic rings. The number of nitrogen functional groups attached to an aromatic ring is 1. The van der Waals surface area contributed by atoms with Crippen molar-refractivity contribution in [3.63, 3.8) is 0 Å². The molecule has 0 aliphatic carbocycles. The molecule has 0 aromatic carbocycles. The Morgan fingerprint density at radius 3 is 2.73 bits per heavy atom. The van der Waals surface area contributed by atoms with Crippen LogP contribution < -0.4 is 5.73 Å². The van der Waals surface area contributed by atoms with Gasteiger partial charge in [0, 0.05) is 23.7 Å². The van der Waals surface area contributed by atoms with E-state index in [4.69, 9.17) is 10.8 Å². The summed E-state index contributed by atoms with van der Waals surface area (Å²) < 4.78 is 0. The van der Waals surface area contributed by atoms with Gasteiger partial charge in [0.15, 0.2) is 0 Å². The summed E-state index contributed by atoms with van der Waals surface area (Å²) in [6, 6.07) is 1.70. The lowest BCUT2D eigenvalue weighted by molar-refractivity contribution is 0.0737. The van der Waals surface area contributed by atoms with Gasteiger partial charge in [-0.2, -0.15) is 0 Å². The summed E-state index contributed by atoms with van der Waals surface area (Å²) >= 11 is 1.39. The van der Waals surface area contributed by atoms with Crippen LogP contribution in [0.15, 0.2) is 6.07 Å². The Bertz CT molecular complexity index is 330. The zero-order chi connectivity index (χ0) is 11.4. The Morgan fingerprint density at radius 2 is 2.33 bits per heavy atom. The van der Waals surface area contributed by atoms with E-state index in [2.05, 4.69) is 0 Å². The molecule has 4 nitrogen and oxygen atoms in total. The fourth-order valence-electron chi connectivity index (χ4n) is 1.28. The van der Waals surface area contributed by atoms with Gasteiger partial charge >= 0.3 is 0 Å². The molecule has 15 heavy (non-hydrogen) atoms. The number of amides is 1. The summed E-state index contributed by atoms with van der Waals surface area (Å²) in [6.45, 7) is 4.72. The largest absolute Gasteiger partial charge is 0.398 e. The molecule has 1 aromatic heterocycles. The van der Waals surface area contributed by atoms with Gasteiger partial charge in [-0.1, -0.05) is 0 Å². The van der Waals surface area contributed by atoms with Crippen molar-refractivity contribution < 1.29 is 9.90 Å². The van der Waals surface area contributed by atoms with Crippen molar-refractivity contribution in [1.82, 2.24) is 4.90 Å². The van der Waals surface area contributed by atoms with Crippen molar-refractivity contribution >= 4 is 22.9 Å². The molecule has 0 unspecified atom stereocenters. The summed E-state index contributed by atoms with van der Waals surface area (Å²) in [5, 5.41) is 8.81. The number of aryl methyl sites for hydroxylation is 1. The number of carbonyl (C=O) groups is 1. The molecule has 0 spiro atoms. The van der Waals surface area contributed by atoms with Crippen LogP contribution in [0.5, 0.6) is 0 Å². The zero-order valence-corrected chi connectivity index (χ0v) is 9.80. The fraction of sp³-hybridized carbons (Fsp3) is 0.500. The molecule has 1 amide bonds. The van der Waals surface area contributed by atoms with E-state index < -0.39 is 0 Å². The van der Waals surface area contributed by atoms with Crippen LogP contribution in [0.2, 0.25) is 0 Å². The van der Waals surface area contributed by atoms with Crippen LogP contribution in [0.3, 0.4) is 0 Å². The standard InChI is InChI=1S/C10H16N2O2S/c1-3-12(4-5-13)10(14)9-6-8(11)7(2)15-9/h6,13H,3-5,11H2,1-2H3. The smallest absolute Gasteiger partial charge is 0.264 e. The second-order valence-corrected chi connectivity index (χ2v) is 4.49. The van der Waals surface area contributed by atoms with Gasteiger partial charge in [0.1, 0.15) is 0 Å². The Labute approximate surface area is 93.3 Å². The minimum absolute atomic E-state index is 0.0145. The highest BCUT2D eigenvalue weighted by Crippen LogP contribution is 2.24. The third-order valence-electron chi connectivity index (χ3n) is 2.21. The molecular formula is C10H16N2O2S. The molecule has 0 radical (unpaired) electrons. The normalized spacial score (nSPS) is 10.3. The maximum atomic E-state index is 11.9. The quantitative estimate of drug-likeness (QED) is 0.810. The number of anilines is 1. The summed E-state index contributed by atoms with van der Waals surface area (Å²) in [5.41, 5.74) is 6.34. The van der Waals surface area contributed by atoms with Crippen LogP contribution in [-0.4, -0.2) is 35.6 Å². The number of nitrogens with two attached hydrogens (primary N) is 1. The van der Waals surface area contributed by atoms with Gasteiger partial charge < -0.3 is 15.7 Å². The molecule has 0 atom stereocenters. The maximum absolute atomic E-state index is 11.9. The van der Waals surface area contributed by atoms with E-state index in [9.17, 15) is 4.79 Å². The number of thiophene rings is 1. The minimum Gasteiger partial charge on any atom is -0.398 e. The van der Waals surface area contributed by atoms with E-state index in [-0.39, 0.29) is 12.5 Å². The molecule has 1 heterocycles. The first kappa shape index (κ1) is 12.0. The van der Waals surface area contributed by atoms with Crippen molar-refractivity contribution in [3.8, 4) is 0 Å². The summed E-state index contributed by atoms with van der Waals surface area (Å²) in [6.07, 6.45) is 0. The number of carbonyl (C=O) groups excluding carboxylic acids is 1. The molecule has 0 saturated heterocycles. The van der Waals surface area contributed by atoms with Gasteiger partial charge in [0.2, 0.25) is 0 Å². The summed E-state index contributed by atoms with van der Waals surface area (Å²) in [7, 11) is 0. The minimum atomic E-state index is -0.0589. The average molecular weight is 228 g/mol. The van der Waals surface area contributed by atoms with Gasteiger partial charge in [-0.25, -0.2) is 0 Å². The van der Waals surface area contributed by atoms with Crippen LogP contribution >= 0.6 is 11.3 Å². The predicted octanol–water partition coefficient (Wildman–Crippen LogP) is 1.09. The Balaban J connectivity index is 2.82. The van der Waals surface area contributed by atoms with Gasteiger partial charge in [-0.15, -0.1) is 11.3 Å². The van der Waals surface area contributed by atoms with E-state index in [1.807, 2.05) is 13.8 Å². The summed E-state index contributed by atoms with van der Waals surface area (Å²) in [4.78, 5) is 15.1. The van der Waals surface area contributed by atoms with Crippen LogP contribution in [0, 0.1) is 6.92 Å². The average Bonchev–Trinajstić information content (AvgIpc) is 2.55. The van der Waals surface area contributed by atoms with Gasteiger partial charge in [0.25, 0.3) is 5.91 Å². The zero-order valence-electron chi connectivity index (χ0n) is 8.99. The van der Waals surface area contributed by atoms with Crippen LogP contribution in [0.4, 0.5) is 5.69 Å². The SMILES string of the molecule is CCN(CCO)C(=O)c1cc(N)c(C)s1. The highest BCUT2D eigenvalue weighted by molar-refractivity contribution is 7.14. The highest BCUT2D eigenvalue weighted by Gasteiger charge is 2.16. The lowest BCUT2D eigenvalue weighted by Gasteiger charge is -2.18. The third-order valence-corrected chi connectivity index (χ3v) is 3.26. The molecule has 0 fully saturated rings. The number of hydrogen-bond donors (Lipinski definition) is 2. The Morgan fingerprint density at radius 1 is 1.67 bits per heavy atom. The van der Waals surface area contributed by atoms with Crippen LogP contribution in [-0.2, 0) is 0 Å². The molecule has 0 aliphatic heterocycles. The van der Waals surface area contributed by atoms with Gasteiger partial charge in [0.05, 0.1) is 11.5 Å². The second-order valence-electron chi connectivity index (χ2n) is 3.23. The first-order chi connectivity index (χ1) is 7.10. The molecule has 0 saturated carbocycles. The van der Waals surface area contributed by atoms with Crippen molar-refractivity contribution in [2.24, 2.45) is 0 Å². The van der Waals surface area contributed by atoms with E-state index in [0.717, 1.165) is 4.88 Å². The Hall–Kier alpha value is -1.07. The van der Waals surface area contributed by atoms with Crippen molar-refractivity contribution in [1.29, 1.82) is 0 Å². The van der Waals surface area contributed by atoms with Gasteiger partial charge in [-0.3, -0.25) is 4.79 Å². The third kappa shape index (κ3) is 2.70. The van der Waals surface area contributed by atoms with Crippen molar-refractivity contribution in [2.75, 3.05) is 25.4 Å². The number of likely N-dealkylation sites (N-methyl/N-ethyl adjacent to an activating group) is 1. The van der Waals surface area contributed by atoms with E-state index in [1.54, 1.807) is 11.0 Å². The number of aliphatic hydroxyl groups excluding tert-OH is 1. The molecule has 0 bridgehead atoms. The predicted molar refractivity (Wildman–Crippen MR) is 62.1 cm³/mol. The fourth-order valence-corrected chi connectivity index (χ4v) is 2.19. The highest BCUT2D eigenvalue weighted by atomic mass is 32.1. The van der Waals surface area contributed by atoms with E-state index >= 15 is 0 Å². The summed E-state index contributed by atoms with van der Waals surface area (Å²) in [5.74, 6) is -0.0589. The number of nitrogens with zero attached hydrogens (tertiary/aromatic N) is 1. The van der Waals surface area contributed by atoms with E-state index in [1.165, 1.54) is 11.3 Å². The number of hydrogen-bond acceptors (Lipinski definition) is 4. The molecular weight excluding hydrogens is 212 g/mol. The molecule has 1 rings (SSSR count). The Kier molecular flexibility index (Phi) is 4.11. The molecule has 3 N–H and O–H groups in total. The first-order valence-electron chi connectivity index (χ1n) is 4.86. The van der Waals surface area contributed by atoms with Crippen LogP contribution in [0.1, 0.15) is 21.5 Å². The van der Waals surface area contributed by atoms with Crippen molar-refractivity contribution in [2.45, 2.75) is 13.8 Å².